The molecule has 0 saturated carbocycles. The molecule has 2 heterocycles. The van der Waals surface area contributed by atoms with Gasteiger partial charge in [-0.3, -0.25) is 9.59 Å². The lowest BCUT2D eigenvalue weighted by molar-refractivity contribution is -0.116. The van der Waals surface area contributed by atoms with E-state index >= 15 is 0 Å². The molecular formula is C21H19N3O2. The summed E-state index contributed by atoms with van der Waals surface area (Å²) >= 11 is 0. The van der Waals surface area contributed by atoms with E-state index in [-0.39, 0.29) is 18.0 Å². The van der Waals surface area contributed by atoms with Crippen LogP contribution in [0, 0.1) is 0 Å². The van der Waals surface area contributed by atoms with Crippen LogP contribution in [0.2, 0.25) is 0 Å². The third-order valence-corrected chi connectivity index (χ3v) is 4.59. The smallest absolute Gasteiger partial charge is 0.250 e. The number of pyridine rings is 1. The van der Waals surface area contributed by atoms with Crippen molar-refractivity contribution in [1.82, 2.24) is 9.13 Å². The van der Waals surface area contributed by atoms with Crippen LogP contribution in [0.25, 0.3) is 21.8 Å². The zero-order chi connectivity index (χ0) is 18.1. The van der Waals surface area contributed by atoms with E-state index in [1.54, 1.807) is 18.3 Å². The molecular weight excluding hydrogens is 326 g/mol. The first-order valence-corrected chi connectivity index (χ1v) is 8.63. The summed E-state index contributed by atoms with van der Waals surface area (Å²) in [7, 11) is 0. The van der Waals surface area contributed by atoms with Gasteiger partial charge >= 0.3 is 0 Å². The second-order valence-corrected chi connectivity index (χ2v) is 6.21. The van der Waals surface area contributed by atoms with Gasteiger partial charge < -0.3 is 14.5 Å². The van der Waals surface area contributed by atoms with Crippen LogP contribution in [0.1, 0.15) is 6.92 Å². The van der Waals surface area contributed by atoms with Crippen LogP contribution in [0.3, 0.4) is 0 Å². The van der Waals surface area contributed by atoms with Crippen LogP contribution < -0.4 is 10.9 Å². The minimum atomic E-state index is -0.225. The van der Waals surface area contributed by atoms with Gasteiger partial charge in [0.2, 0.25) is 5.91 Å². The Hall–Kier alpha value is -3.34. The molecule has 0 bridgehead atoms. The summed E-state index contributed by atoms with van der Waals surface area (Å²) in [6.45, 7) is 3.00. The van der Waals surface area contributed by atoms with Gasteiger partial charge in [0.1, 0.15) is 6.54 Å². The molecule has 0 unspecified atom stereocenters. The van der Waals surface area contributed by atoms with Crippen molar-refractivity contribution in [3.8, 4) is 0 Å². The summed E-state index contributed by atoms with van der Waals surface area (Å²) in [5, 5.41) is 5.17. The molecule has 4 rings (SSSR count). The van der Waals surface area contributed by atoms with Gasteiger partial charge in [-0.15, -0.1) is 0 Å². The summed E-state index contributed by atoms with van der Waals surface area (Å²) < 4.78 is 3.65. The van der Waals surface area contributed by atoms with E-state index in [4.69, 9.17) is 0 Å². The molecule has 5 heteroatoms. The molecule has 0 spiro atoms. The van der Waals surface area contributed by atoms with Crippen molar-refractivity contribution < 1.29 is 4.79 Å². The second-order valence-electron chi connectivity index (χ2n) is 6.21. The van der Waals surface area contributed by atoms with Crippen molar-refractivity contribution in [3.05, 3.63) is 77.2 Å². The molecule has 0 aliphatic rings. The van der Waals surface area contributed by atoms with Crippen LogP contribution in [-0.2, 0) is 17.9 Å². The Bertz CT molecular complexity index is 1170. The van der Waals surface area contributed by atoms with E-state index in [0.29, 0.717) is 0 Å². The third kappa shape index (κ3) is 2.77. The summed E-state index contributed by atoms with van der Waals surface area (Å²) in [4.78, 5) is 24.1. The molecule has 130 valence electrons. The fourth-order valence-electron chi connectivity index (χ4n) is 3.42. The number of nitrogens with one attached hydrogen (secondary N) is 1. The minimum absolute atomic E-state index is 0.00553. The van der Waals surface area contributed by atoms with Gasteiger partial charge in [-0.25, -0.2) is 0 Å². The molecule has 2 aromatic heterocycles. The van der Waals surface area contributed by atoms with Crippen LogP contribution in [0.15, 0.2) is 71.7 Å². The highest BCUT2D eigenvalue weighted by atomic mass is 16.2. The molecule has 0 radical (unpaired) electrons. The second kappa shape index (κ2) is 6.52. The SMILES string of the molecule is CCn1c2ccccc2c2cc(NC(=O)Cn3ccccc3=O)ccc21. The van der Waals surface area contributed by atoms with Gasteiger partial charge in [0.05, 0.1) is 0 Å². The first-order chi connectivity index (χ1) is 12.7. The normalized spacial score (nSPS) is 11.1. The molecule has 4 aromatic rings. The van der Waals surface area contributed by atoms with Crippen molar-refractivity contribution in [2.75, 3.05) is 5.32 Å². The minimum Gasteiger partial charge on any atom is -0.341 e. The topological polar surface area (TPSA) is 56.0 Å². The first-order valence-electron chi connectivity index (χ1n) is 8.63. The fraction of sp³-hybridized carbons (Fsp3) is 0.143. The van der Waals surface area contributed by atoms with Gasteiger partial charge in [0, 0.05) is 46.3 Å². The maximum Gasteiger partial charge on any atom is 0.250 e. The number of hydrogen-bond donors (Lipinski definition) is 1. The number of aryl methyl sites for hydroxylation is 1. The quantitative estimate of drug-likeness (QED) is 0.614. The number of fused-ring (bicyclic) bond motifs is 3. The third-order valence-electron chi connectivity index (χ3n) is 4.59. The van der Waals surface area contributed by atoms with Crippen LogP contribution in [0.4, 0.5) is 5.69 Å². The molecule has 0 atom stereocenters. The van der Waals surface area contributed by atoms with E-state index < -0.39 is 0 Å². The van der Waals surface area contributed by atoms with E-state index in [1.807, 2.05) is 30.3 Å². The Morgan fingerprint density at radius 1 is 0.962 bits per heavy atom. The predicted octanol–water partition coefficient (Wildman–Crippen LogP) is 3.61. The fourth-order valence-corrected chi connectivity index (χ4v) is 3.42. The number of nitrogens with zero attached hydrogens (tertiary/aromatic N) is 2. The number of aromatic nitrogens is 2. The van der Waals surface area contributed by atoms with Gasteiger partial charge in [-0.2, -0.15) is 0 Å². The van der Waals surface area contributed by atoms with Crippen molar-refractivity contribution in [2.24, 2.45) is 0 Å². The van der Waals surface area contributed by atoms with Crippen molar-refractivity contribution >= 4 is 33.4 Å². The molecule has 0 saturated heterocycles. The average Bonchev–Trinajstić information content (AvgIpc) is 2.97. The summed E-state index contributed by atoms with van der Waals surface area (Å²) in [5.41, 5.74) is 2.87. The molecule has 0 aliphatic carbocycles. The number of benzene rings is 2. The summed E-state index contributed by atoms with van der Waals surface area (Å²) in [6.07, 6.45) is 1.61. The molecule has 0 fully saturated rings. The lowest BCUT2D eigenvalue weighted by Crippen LogP contribution is -2.26. The maximum absolute atomic E-state index is 12.3. The highest BCUT2D eigenvalue weighted by Gasteiger charge is 2.11. The number of carbonyl (C=O) groups excluding carboxylic acids is 1. The van der Waals surface area contributed by atoms with Gasteiger partial charge in [0.25, 0.3) is 5.56 Å². The van der Waals surface area contributed by atoms with Gasteiger partial charge in [-0.05, 0) is 37.3 Å². The Morgan fingerprint density at radius 2 is 1.73 bits per heavy atom. The monoisotopic (exact) mass is 345 g/mol. The Morgan fingerprint density at radius 3 is 2.54 bits per heavy atom. The first kappa shape index (κ1) is 16.1. The van der Waals surface area contributed by atoms with Gasteiger partial charge in [-0.1, -0.05) is 24.3 Å². The maximum atomic E-state index is 12.3. The van der Waals surface area contributed by atoms with E-state index in [0.717, 1.165) is 23.1 Å². The molecule has 1 N–H and O–H groups in total. The van der Waals surface area contributed by atoms with Crippen LogP contribution >= 0.6 is 0 Å². The number of rotatable bonds is 4. The number of carbonyl (C=O) groups is 1. The highest BCUT2D eigenvalue weighted by Crippen LogP contribution is 2.30. The van der Waals surface area contributed by atoms with Crippen molar-refractivity contribution in [3.63, 3.8) is 0 Å². The lowest BCUT2D eigenvalue weighted by Gasteiger charge is -2.08. The Labute approximate surface area is 150 Å². The number of hydrogen-bond acceptors (Lipinski definition) is 2. The number of anilines is 1. The largest absolute Gasteiger partial charge is 0.341 e. The zero-order valence-corrected chi connectivity index (χ0v) is 14.5. The van der Waals surface area contributed by atoms with Crippen molar-refractivity contribution in [1.29, 1.82) is 0 Å². The van der Waals surface area contributed by atoms with E-state index in [9.17, 15) is 9.59 Å². The standard InChI is InChI=1S/C21H19N3O2/c1-2-24-18-8-4-3-7-16(18)17-13-15(10-11-19(17)24)22-20(25)14-23-12-6-5-9-21(23)26/h3-13H,2,14H2,1H3,(H,22,25). The van der Waals surface area contributed by atoms with Gasteiger partial charge in [0.15, 0.2) is 0 Å². The number of para-hydroxylation sites is 1. The van der Waals surface area contributed by atoms with E-state index in [1.165, 1.54) is 21.5 Å². The number of amides is 1. The molecule has 26 heavy (non-hydrogen) atoms. The predicted molar refractivity (Wildman–Crippen MR) is 104 cm³/mol. The summed E-state index contributed by atoms with van der Waals surface area (Å²) in [6, 6.07) is 19.0. The zero-order valence-electron chi connectivity index (χ0n) is 14.5. The highest BCUT2D eigenvalue weighted by molar-refractivity contribution is 6.09. The van der Waals surface area contributed by atoms with Crippen molar-refractivity contribution in [2.45, 2.75) is 20.0 Å². The molecule has 2 aromatic carbocycles. The molecule has 1 amide bonds. The molecule has 5 nitrogen and oxygen atoms in total. The molecule has 0 aliphatic heterocycles. The Balaban J connectivity index is 1.67. The Kier molecular flexibility index (Phi) is 4.05. The summed E-state index contributed by atoms with van der Waals surface area (Å²) in [5.74, 6) is -0.225. The lowest BCUT2D eigenvalue weighted by atomic mass is 10.1. The van der Waals surface area contributed by atoms with Crippen LogP contribution in [-0.4, -0.2) is 15.0 Å². The average molecular weight is 345 g/mol. The van der Waals surface area contributed by atoms with E-state index in [2.05, 4.69) is 28.9 Å². The van der Waals surface area contributed by atoms with Crippen LogP contribution in [0.5, 0.6) is 0 Å².